The van der Waals surface area contributed by atoms with Gasteiger partial charge in [0.1, 0.15) is 17.1 Å². The van der Waals surface area contributed by atoms with E-state index in [0.29, 0.717) is 5.15 Å². The molecule has 2 aromatic rings. The Hall–Kier alpha value is -1.13. The number of H-pyrrole nitrogens is 1. The average Bonchev–Trinajstić information content (AvgIpc) is 2.77. The van der Waals surface area contributed by atoms with Crippen LogP contribution in [0.1, 0.15) is 25.3 Å². The molecular formula is C13H17ClN4. The molecule has 5 heteroatoms. The molecule has 2 aromatic heterocycles. The molecule has 0 radical (unpaired) electrons. The Balaban J connectivity index is 1.82. The second kappa shape index (κ2) is 4.86. The first kappa shape index (κ1) is 11.9. The van der Waals surface area contributed by atoms with Gasteiger partial charge >= 0.3 is 0 Å². The molecule has 4 nitrogen and oxygen atoms in total. The van der Waals surface area contributed by atoms with Crippen molar-refractivity contribution in [1.29, 1.82) is 0 Å². The molecule has 0 unspecified atom stereocenters. The Morgan fingerprint density at radius 2 is 2.17 bits per heavy atom. The molecule has 1 aliphatic rings. The summed E-state index contributed by atoms with van der Waals surface area (Å²) < 4.78 is 0. The maximum absolute atomic E-state index is 6.15. The number of rotatable bonds is 2. The zero-order valence-electron chi connectivity index (χ0n) is 10.5. The maximum Gasteiger partial charge on any atom is 0.142 e. The van der Waals surface area contributed by atoms with Crippen molar-refractivity contribution in [3.63, 3.8) is 0 Å². The summed E-state index contributed by atoms with van der Waals surface area (Å²) in [5.74, 6) is 0.858. The van der Waals surface area contributed by atoms with Crippen LogP contribution >= 0.6 is 11.6 Å². The number of aromatic amines is 1. The molecule has 0 bridgehead atoms. The standard InChI is InChI=1S/C13H17ClN4/c1-9-2-4-18(5-3-9)7-10-6-15-13-11(10)12(14)16-8-17-13/h6,8-9H,2-5,7H2,1H3,(H,15,16,17). The summed E-state index contributed by atoms with van der Waals surface area (Å²) in [6, 6.07) is 0. The van der Waals surface area contributed by atoms with Gasteiger partial charge in [0, 0.05) is 12.7 Å². The van der Waals surface area contributed by atoms with Crippen LogP contribution in [0.25, 0.3) is 11.0 Å². The first-order chi connectivity index (χ1) is 8.74. The summed E-state index contributed by atoms with van der Waals surface area (Å²) >= 11 is 6.15. The quantitative estimate of drug-likeness (QED) is 0.849. The molecule has 1 fully saturated rings. The van der Waals surface area contributed by atoms with Crippen LogP contribution in [0.15, 0.2) is 12.5 Å². The Kier molecular flexibility index (Phi) is 3.22. The van der Waals surface area contributed by atoms with Gasteiger partial charge in [-0.05, 0) is 37.4 Å². The molecule has 3 heterocycles. The highest BCUT2D eigenvalue weighted by Gasteiger charge is 2.18. The first-order valence-corrected chi connectivity index (χ1v) is 6.80. The molecule has 0 aliphatic carbocycles. The third-order valence-corrected chi connectivity index (χ3v) is 4.06. The van der Waals surface area contributed by atoms with Crippen molar-refractivity contribution < 1.29 is 0 Å². The van der Waals surface area contributed by atoms with E-state index in [-0.39, 0.29) is 0 Å². The third kappa shape index (κ3) is 2.22. The van der Waals surface area contributed by atoms with Crippen LogP contribution in [0.2, 0.25) is 5.15 Å². The minimum absolute atomic E-state index is 0.543. The molecule has 1 aliphatic heterocycles. The number of hydrogen-bond donors (Lipinski definition) is 1. The molecule has 0 spiro atoms. The average molecular weight is 265 g/mol. The lowest BCUT2D eigenvalue weighted by Crippen LogP contribution is -2.32. The largest absolute Gasteiger partial charge is 0.346 e. The Morgan fingerprint density at radius 3 is 2.94 bits per heavy atom. The van der Waals surface area contributed by atoms with Crippen molar-refractivity contribution in [2.75, 3.05) is 13.1 Å². The second-order valence-corrected chi connectivity index (χ2v) is 5.52. The van der Waals surface area contributed by atoms with Gasteiger partial charge in [0.25, 0.3) is 0 Å². The van der Waals surface area contributed by atoms with Crippen molar-refractivity contribution >= 4 is 22.6 Å². The minimum Gasteiger partial charge on any atom is -0.346 e. The molecule has 1 saturated heterocycles. The Labute approximate surface area is 111 Å². The number of hydrogen-bond acceptors (Lipinski definition) is 3. The smallest absolute Gasteiger partial charge is 0.142 e. The molecule has 0 aromatic carbocycles. The van der Waals surface area contributed by atoms with Gasteiger partial charge in [-0.15, -0.1) is 0 Å². The normalized spacial score (nSPS) is 18.6. The number of aromatic nitrogens is 3. The van der Waals surface area contributed by atoms with Gasteiger partial charge in [-0.2, -0.15) is 0 Å². The molecule has 0 saturated carbocycles. The molecular weight excluding hydrogens is 248 g/mol. The van der Waals surface area contributed by atoms with E-state index in [1.165, 1.54) is 37.8 Å². The van der Waals surface area contributed by atoms with Crippen molar-refractivity contribution in [2.24, 2.45) is 5.92 Å². The topological polar surface area (TPSA) is 44.8 Å². The highest BCUT2D eigenvalue weighted by atomic mass is 35.5. The summed E-state index contributed by atoms with van der Waals surface area (Å²) in [7, 11) is 0. The SMILES string of the molecule is CC1CCN(Cc2c[nH]c3ncnc(Cl)c23)CC1. The predicted molar refractivity (Wildman–Crippen MR) is 72.6 cm³/mol. The van der Waals surface area contributed by atoms with Crippen LogP contribution in [0, 0.1) is 5.92 Å². The zero-order chi connectivity index (χ0) is 12.5. The molecule has 1 N–H and O–H groups in total. The van der Waals surface area contributed by atoms with E-state index in [9.17, 15) is 0 Å². The summed E-state index contributed by atoms with van der Waals surface area (Å²) in [5, 5.41) is 1.51. The highest BCUT2D eigenvalue weighted by molar-refractivity contribution is 6.34. The van der Waals surface area contributed by atoms with Crippen LogP contribution in [0.5, 0.6) is 0 Å². The zero-order valence-corrected chi connectivity index (χ0v) is 11.2. The minimum atomic E-state index is 0.543. The Bertz CT molecular complexity index is 543. The van der Waals surface area contributed by atoms with E-state index >= 15 is 0 Å². The lowest BCUT2D eigenvalue weighted by Gasteiger charge is -2.29. The number of halogens is 1. The van der Waals surface area contributed by atoms with E-state index < -0.39 is 0 Å². The number of likely N-dealkylation sites (tertiary alicyclic amines) is 1. The van der Waals surface area contributed by atoms with Crippen LogP contribution in [0.3, 0.4) is 0 Å². The van der Waals surface area contributed by atoms with Gasteiger partial charge in [0.2, 0.25) is 0 Å². The number of nitrogens with one attached hydrogen (secondary N) is 1. The monoisotopic (exact) mass is 264 g/mol. The van der Waals surface area contributed by atoms with E-state index in [1.54, 1.807) is 0 Å². The van der Waals surface area contributed by atoms with Crippen molar-refractivity contribution in [3.8, 4) is 0 Å². The summed E-state index contributed by atoms with van der Waals surface area (Å²) in [6.45, 7) is 5.59. The van der Waals surface area contributed by atoms with E-state index in [4.69, 9.17) is 11.6 Å². The third-order valence-electron chi connectivity index (χ3n) is 3.78. The molecule has 96 valence electrons. The van der Waals surface area contributed by atoms with Crippen LogP contribution < -0.4 is 0 Å². The van der Waals surface area contributed by atoms with Crippen LogP contribution in [0.4, 0.5) is 0 Å². The summed E-state index contributed by atoms with van der Waals surface area (Å²) in [4.78, 5) is 13.9. The summed E-state index contributed by atoms with van der Waals surface area (Å²) in [5.41, 5.74) is 2.03. The van der Waals surface area contributed by atoms with Crippen molar-refractivity contribution in [3.05, 3.63) is 23.2 Å². The number of nitrogens with zero attached hydrogens (tertiary/aromatic N) is 3. The summed E-state index contributed by atoms with van der Waals surface area (Å²) in [6.07, 6.45) is 6.07. The molecule has 0 atom stereocenters. The fourth-order valence-electron chi connectivity index (χ4n) is 2.57. The van der Waals surface area contributed by atoms with Crippen LogP contribution in [-0.4, -0.2) is 32.9 Å². The van der Waals surface area contributed by atoms with Crippen LogP contribution in [-0.2, 0) is 6.54 Å². The maximum atomic E-state index is 6.15. The van der Waals surface area contributed by atoms with Gasteiger partial charge in [0.05, 0.1) is 5.39 Å². The fraction of sp³-hybridized carbons (Fsp3) is 0.538. The predicted octanol–water partition coefficient (Wildman–Crippen LogP) is 2.84. The van der Waals surface area contributed by atoms with Gasteiger partial charge < -0.3 is 4.98 Å². The first-order valence-electron chi connectivity index (χ1n) is 6.43. The van der Waals surface area contributed by atoms with Gasteiger partial charge in [-0.25, -0.2) is 9.97 Å². The highest BCUT2D eigenvalue weighted by Crippen LogP contribution is 2.25. The molecule has 0 amide bonds. The van der Waals surface area contributed by atoms with Crippen molar-refractivity contribution in [1.82, 2.24) is 19.9 Å². The van der Waals surface area contributed by atoms with E-state index in [1.807, 2.05) is 6.20 Å². The van der Waals surface area contributed by atoms with Gasteiger partial charge in [-0.3, -0.25) is 4.90 Å². The van der Waals surface area contributed by atoms with E-state index in [2.05, 4.69) is 26.8 Å². The fourth-order valence-corrected chi connectivity index (χ4v) is 2.83. The molecule has 18 heavy (non-hydrogen) atoms. The van der Waals surface area contributed by atoms with Crippen molar-refractivity contribution in [2.45, 2.75) is 26.3 Å². The lowest BCUT2D eigenvalue weighted by molar-refractivity contribution is 0.186. The van der Waals surface area contributed by atoms with Gasteiger partial charge in [-0.1, -0.05) is 18.5 Å². The Morgan fingerprint density at radius 1 is 1.39 bits per heavy atom. The number of piperidine rings is 1. The van der Waals surface area contributed by atoms with E-state index in [0.717, 1.165) is 23.5 Å². The van der Waals surface area contributed by atoms with Gasteiger partial charge in [0.15, 0.2) is 0 Å². The second-order valence-electron chi connectivity index (χ2n) is 5.16. The molecule has 3 rings (SSSR count). The number of fused-ring (bicyclic) bond motifs is 1. The lowest BCUT2D eigenvalue weighted by atomic mass is 9.99.